The number of hydrogen-bond acceptors (Lipinski definition) is 0. The smallest absolute Gasteiger partial charge is 0.104 e. The molecule has 0 bridgehead atoms. The highest BCUT2D eigenvalue weighted by Crippen LogP contribution is 2.23. The SMILES string of the molecule is CCc1ccccc1CCC(C)c1ccc(C[N+](C)(C)C)cc1. The van der Waals surface area contributed by atoms with Crippen LogP contribution in [0, 0.1) is 0 Å². The Morgan fingerprint density at radius 3 is 2.04 bits per heavy atom. The van der Waals surface area contributed by atoms with Gasteiger partial charge in [0.25, 0.3) is 0 Å². The van der Waals surface area contributed by atoms with E-state index < -0.39 is 0 Å². The Balaban J connectivity index is 1.96. The number of aryl methyl sites for hydroxylation is 2. The zero-order valence-electron chi connectivity index (χ0n) is 15.5. The zero-order chi connectivity index (χ0) is 16.9. The molecule has 23 heavy (non-hydrogen) atoms. The van der Waals surface area contributed by atoms with Crippen molar-refractivity contribution in [3.05, 3.63) is 70.8 Å². The first-order valence-electron chi connectivity index (χ1n) is 8.85. The summed E-state index contributed by atoms with van der Waals surface area (Å²) in [6.07, 6.45) is 3.52. The largest absolute Gasteiger partial charge is 0.327 e. The van der Waals surface area contributed by atoms with Crippen molar-refractivity contribution in [2.75, 3.05) is 21.1 Å². The lowest BCUT2D eigenvalue weighted by atomic mass is 9.91. The summed E-state index contributed by atoms with van der Waals surface area (Å²) in [6.45, 7) is 5.68. The van der Waals surface area contributed by atoms with E-state index in [4.69, 9.17) is 0 Å². The highest BCUT2D eigenvalue weighted by molar-refractivity contribution is 5.28. The number of rotatable bonds is 7. The number of hydrogen-bond donors (Lipinski definition) is 0. The number of quaternary nitrogens is 1. The molecule has 1 nitrogen and oxygen atoms in total. The minimum Gasteiger partial charge on any atom is -0.327 e. The Morgan fingerprint density at radius 1 is 0.870 bits per heavy atom. The van der Waals surface area contributed by atoms with Gasteiger partial charge in [-0.05, 0) is 41.9 Å². The number of benzene rings is 2. The summed E-state index contributed by atoms with van der Waals surface area (Å²) in [6, 6.07) is 18.1. The van der Waals surface area contributed by atoms with Crippen LogP contribution in [0.4, 0.5) is 0 Å². The van der Waals surface area contributed by atoms with Gasteiger partial charge >= 0.3 is 0 Å². The fourth-order valence-corrected chi connectivity index (χ4v) is 3.18. The van der Waals surface area contributed by atoms with Crippen molar-refractivity contribution in [1.29, 1.82) is 0 Å². The molecule has 2 aromatic rings. The van der Waals surface area contributed by atoms with E-state index in [1.165, 1.54) is 35.1 Å². The highest BCUT2D eigenvalue weighted by atomic mass is 15.3. The summed E-state index contributed by atoms with van der Waals surface area (Å²) in [5, 5.41) is 0. The molecule has 0 N–H and O–H groups in total. The molecule has 0 aliphatic rings. The summed E-state index contributed by atoms with van der Waals surface area (Å²) >= 11 is 0. The van der Waals surface area contributed by atoms with Crippen LogP contribution < -0.4 is 0 Å². The standard InChI is InChI=1S/C22H32N/c1-6-20-9-7-8-10-22(20)14-11-18(2)21-15-12-19(13-16-21)17-23(3,4)5/h7-10,12-13,15-16,18H,6,11,14,17H2,1-5H3/q+1. The van der Waals surface area contributed by atoms with Crippen molar-refractivity contribution in [3.8, 4) is 0 Å². The normalized spacial score (nSPS) is 13.1. The minimum atomic E-state index is 0.609. The lowest BCUT2D eigenvalue weighted by Crippen LogP contribution is -2.33. The third-order valence-corrected chi connectivity index (χ3v) is 4.55. The quantitative estimate of drug-likeness (QED) is 0.617. The molecule has 0 saturated carbocycles. The van der Waals surface area contributed by atoms with E-state index in [1.54, 1.807) is 0 Å². The van der Waals surface area contributed by atoms with Crippen LogP contribution in [0.1, 0.15) is 48.4 Å². The molecule has 1 atom stereocenters. The second-order valence-corrected chi connectivity index (χ2v) is 7.75. The second kappa shape index (κ2) is 7.79. The summed E-state index contributed by atoms with van der Waals surface area (Å²) in [7, 11) is 6.71. The maximum absolute atomic E-state index is 2.35. The van der Waals surface area contributed by atoms with Crippen molar-refractivity contribution in [2.45, 2.75) is 45.6 Å². The van der Waals surface area contributed by atoms with Gasteiger partial charge in [0.2, 0.25) is 0 Å². The minimum absolute atomic E-state index is 0.609. The van der Waals surface area contributed by atoms with Gasteiger partial charge in [0.1, 0.15) is 6.54 Å². The van der Waals surface area contributed by atoms with Gasteiger partial charge < -0.3 is 4.48 Å². The van der Waals surface area contributed by atoms with E-state index >= 15 is 0 Å². The fraction of sp³-hybridized carbons (Fsp3) is 0.455. The molecule has 2 rings (SSSR count). The van der Waals surface area contributed by atoms with E-state index in [0.717, 1.165) is 17.4 Å². The molecule has 0 aliphatic heterocycles. The van der Waals surface area contributed by atoms with Crippen LogP contribution in [-0.2, 0) is 19.4 Å². The van der Waals surface area contributed by atoms with Gasteiger partial charge in [-0.25, -0.2) is 0 Å². The van der Waals surface area contributed by atoms with Crippen molar-refractivity contribution in [1.82, 2.24) is 0 Å². The van der Waals surface area contributed by atoms with E-state index in [-0.39, 0.29) is 0 Å². The van der Waals surface area contributed by atoms with Crippen molar-refractivity contribution in [3.63, 3.8) is 0 Å². The molecule has 0 aliphatic carbocycles. The Kier molecular flexibility index (Phi) is 6.01. The molecule has 2 aromatic carbocycles. The Morgan fingerprint density at radius 2 is 1.48 bits per heavy atom. The van der Waals surface area contributed by atoms with Gasteiger partial charge in [-0.3, -0.25) is 0 Å². The Bertz CT molecular complexity index is 605. The molecular formula is C22H32N+. The molecule has 1 heteroatoms. The van der Waals surface area contributed by atoms with Crippen molar-refractivity contribution >= 4 is 0 Å². The van der Waals surface area contributed by atoms with Crippen LogP contribution in [0.2, 0.25) is 0 Å². The van der Waals surface area contributed by atoms with Crippen LogP contribution in [0.15, 0.2) is 48.5 Å². The van der Waals surface area contributed by atoms with Crippen LogP contribution in [-0.4, -0.2) is 25.6 Å². The molecule has 0 heterocycles. The molecule has 0 saturated heterocycles. The van der Waals surface area contributed by atoms with Crippen LogP contribution >= 0.6 is 0 Å². The van der Waals surface area contributed by atoms with Crippen molar-refractivity contribution < 1.29 is 4.48 Å². The van der Waals surface area contributed by atoms with Gasteiger partial charge in [0, 0.05) is 5.56 Å². The first-order chi connectivity index (χ1) is 10.9. The molecular weight excluding hydrogens is 278 g/mol. The molecule has 0 spiro atoms. The van der Waals surface area contributed by atoms with Gasteiger partial charge in [-0.2, -0.15) is 0 Å². The molecule has 0 fully saturated rings. The van der Waals surface area contributed by atoms with E-state index in [2.05, 4.69) is 83.5 Å². The zero-order valence-corrected chi connectivity index (χ0v) is 15.5. The van der Waals surface area contributed by atoms with Gasteiger partial charge in [-0.1, -0.05) is 62.4 Å². The Labute approximate surface area is 142 Å². The average molecular weight is 311 g/mol. The van der Waals surface area contributed by atoms with Gasteiger partial charge in [-0.15, -0.1) is 0 Å². The maximum atomic E-state index is 2.35. The summed E-state index contributed by atoms with van der Waals surface area (Å²) < 4.78 is 0.975. The summed E-state index contributed by atoms with van der Waals surface area (Å²) in [4.78, 5) is 0. The average Bonchev–Trinajstić information content (AvgIpc) is 2.52. The van der Waals surface area contributed by atoms with Crippen LogP contribution in [0.5, 0.6) is 0 Å². The second-order valence-electron chi connectivity index (χ2n) is 7.75. The molecule has 0 amide bonds. The van der Waals surface area contributed by atoms with Gasteiger partial charge in [0.15, 0.2) is 0 Å². The van der Waals surface area contributed by atoms with Crippen LogP contribution in [0.3, 0.4) is 0 Å². The van der Waals surface area contributed by atoms with Crippen molar-refractivity contribution in [2.24, 2.45) is 0 Å². The van der Waals surface area contributed by atoms with E-state index in [9.17, 15) is 0 Å². The maximum Gasteiger partial charge on any atom is 0.104 e. The van der Waals surface area contributed by atoms with Gasteiger partial charge in [0.05, 0.1) is 21.1 Å². The molecule has 0 radical (unpaired) electrons. The summed E-state index contributed by atoms with van der Waals surface area (Å²) in [5.41, 5.74) is 5.90. The van der Waals surface area contributed by atoms with Crippen LogP contribution in [0.25, 0.3) is 0 Å². The first-order valence-corrected chi connectivity index (χ1v) is 8.85. The third-order valence-electron chi connectivity index (χ3n) is 4.55. The number of nitrogens with zero attached hydrogens (tertiary/aromatic N) is 1. The summed E-state index contributed by atoms with van der Waals surface area (Å²) in [5.74, 6) is 0.609. The first kappa shape index (κ1) is 17.7. The fourth-order valence-electron chi connectivity index (χ4n) is 3.18. The third kappa shape index (κ3) is 5.51. The Hall–Kier alpha value is -1.60. The highest BCUT2D eigenvalue weighted by Gasteiger charge is 2.11. The molecule has 1 unspecified atom stereocenters. The van der Waals surface area contributed by atoms with E-state index in [0.29, 0.717) is 5.92 Å². The molecule has 0 aromatic heterocycles. The lowest BCUT2D eigenvalue weighted by Gasteiger charge is -2.24. The topological polar surface area (TPSA) is 0 Å². The predicted molar refractivity (Wildman–Crippen MR) is 101 cm³/mol. The predicted octanol–water partition coefficient (Wildman–Crippen LogP) is 5.19. The van der Waals surface area contributed by atoms with E-state index in [1.807, 2.05) is 0 Å². The monoisotopic (exact) mass is 310 g/mol. The molecule has 124 valence electrons. The lowest BCUT2D eigenvalue weighted by molar-refractivity contribution is -0.884.